The Kier molecular flexibility index (Phi) is 5.88. The minimum Gasteiger partial charge on any atom is -0.480 e. The topological polar surface area (TPSA) is 135 Å². The van der Waals surface area contributed by atoms with E-state index in [0.29, 0.717) is 11.6 Å². The molecule has 4 aromatic rings. The molecule has 0 bridgehead atoms. The van der Waals surface area contributed by atoms with E-state index in [-0.39, 0.29) is 36.2 Å². The molecule has 0 saturated carbocycles. The van der Waals surface area contributed by atoms with Gasteiger partial charge in [-0.1, -0.05) is 18.2 Å². The minimum absolute atomic E-state index is 0.0481. The highest BCUT2D eigenvalue weighted by atomic mass is 16.6. The van der Waals surface area contributed by atoms with Gasteiger partial charge >= 0.3 is 5.97 Å². The van der Waals surface area contributed by atoms with Gasteiger partial charge < -0.3 is 13.9 Å². The van der Waals surface area contributed by atoms with Crippen LogP contribution < -0.4 is 4.74 Å². The number of hydrogen-bond donors (Lipinski definition) is 0. The van der Waals surface area contributed by atoms with Crippen molar-refractivity contribution in [3.05, 3.63) is 82.5 Å². The second kappa shape index (κ2) is 9.08. The van der Waals surface area contributed by atoms with Crippen LogP contribution in [-0.4, -0.2) is 37.5 Å². The maximum atomic E-state index is 12.3. The predicted molar refractivity (Wildman–Crippen MR) is 110 cm³/mol. The Hall–Kier alpha value is -4.54. The van der Waals surface area contributed by atoms with Crippen molar-refractivity contribution in [1.82, 2.24) is 20.0 Å². The average molecular weight is 435 g/mol. The number of ether oxygens (including phenoxy) is 2. The average Bonchev–Trinajstić information content (AvgIpc) is 3.46. The molecule has 0 spiro atoms. The Morgan fingerprint density at radius 2 is 1.88 bits per heavy atom. The van der Waals surface area contributed by atoms with E-state index in [0.717, 1.165) is 5.56 Å². The molecule has 32 heavy (non-hydrogen) atoms. The summed E-state index contributed by atoms with van der Waals surface area (Å²) in [5, 5.41) is 23.0. The van der Waals surface area contributed by atoms with Crippen LogP contribution >= 0.6 is 0 Å². The number of nitro benzene ring substituents is 1. The van der Waals surface area contributed by atoms with Crippen LogP contribution in [0.3, 0.4) is 0 Å². The number of hydrogen-bond acceptors (Lipinski definition) is 9. The Morgan fingerprint density at radius 3 is 2.56 bits per heavy atom. The molecule has 0 saturated heterocycles. The monoisotopic (exact) mass is 435 g/mol. The molecule has 0 aliphatic carbocycles. The van der Waals surface area contributed by atoms with Crippen molar-refractivity contribution in [3.8, 4) is 22.9 Å². The van der Waals surface area contributed by atoms with E-state index in [1.807, 2.05) is 30.3 Å². The van der Waals surface area contributed by atoms with Gasteiger partial charge in [-0.05, 0) is 31.2 Å². The van der Waals surface area contributed by atoms with Crippen LogP contribution in [-0.2, 0) is 11.3 Å². The molecule has 0 radical (unpaired) electrons. The van der Waals surface area contributed by atoms with Gasteiger partial charge in [-0.15, -0.1) is 10.2 Å². The van der Waals surface area contributed by atoms with Crippen molar-refractivity contribution in [2.75, 3.05) is 6.61 Å². The smallest absolute Gasteiger partial charge is 0.362 e. The highest BCUT2D eigenvalue weighted by Crippen LogP contribution is 2.24. The van der Waals surface area contributed by atoms with Crippen LogP contribution in [0.1, 0.15) is 23.3 Å². The summed E-state index contributed by atoms with van der Waals surface area (Å²) in [7, 11) is 0. The Morgan fingerprint density at radius 1 is 1.12 bits per heavy atom. The first kappa shape index (κ1) is 20.7. The molecule has 11 heteroatoms. The van der Waals surface area contributed by atoms with Gasteiger partial charge in [0.1, 0.15) is 0 Å². The second-order valence-electron chi connectivity index (χ2n) is 6.44. The van der Waals surface area contributed by atoms with Crippen molar-refractivity contribution in [2.24, 2.45) is 0 Å². The molecule has 0 amide bonds. The molecule has 0 unspecified atom stereocenters. The van der Waals surface area contributed by atoms with Crippen LogP contribution in [0, 0.1) is 10.1 Å². The fourth-order valence-corrected chi connectivity index (χ4v) is 2.81. The number of non-ortho nitro benzene ring substituents is 1. The number of rotatable bonds is 8. The van der Waals surface area contributed by atoms with Crippen molar-refractivity contribution >= 4 is 11.7 Å². The summed E-state index contributed by atoms with van der Waals surface area (Å²) in [6.45, 7) is 1.74. The van der Waals surface area contributed by atoms with Crippen LogP contribution in [0.25, 0.3) is 17.1 Å². The third-order valence-corrected chi connectivity index (χ3v) is 4.31. The zero-order chi connectivity index (χ0) is 22.5. The molecular formula is C21H17N5O6. The molecule has 2 aromatic heterocycles. The summed E-state index contributed by atoms with van der Waals surface area (Å²) in [5.41, 5.74) is 1.16. The number of carbonyl (C=O) groups is 1. The van der Waals surface area contributed by atoms with E-state index < -0.39 is 10.9 Å². The van der Waals surface area contributed by atoms with E-state index in [2.05, 4.69) is 15.3 Å². The summed E-state index contributed by atoms with van der Waals surface area (Å²) >= 11 is 0. The first-order valence-electron chi connectivity index (χ1n) is 9.57. The molecule has 2 aromatic carbocycles. The van der Waals surface area contributed by atoms with Gasteiger partial charge in [0.05, 0.1) is 23.4 Å². The van der Waals surface area contributed by atoms with E-state index >= 15 is 0 Å². The Bertz CT molecular complexity index is 1230. The quantitative estimate of drug-likeness (QED) is 0.231. The molecule has 11 nitrogen and oxygen atoms in total. The molecule has 0 N–H and O–H groups in total. The molecule has 2 heterocycles. The maximum Gasteiger partial charge on any atom is 0.362 e. The molecule has 0 aliphatic rings. The van der Waals surface area contributed by atoms with Crippen LogP contribution in [0.15, 0.2) is 65.2 Å². The summed E-state index contributed by atoms with van der Waals surface area (Å²) in [4.78, 5) is 22.7. The van der Waals surface area contributed by atoms with E-state index in [1.54, 1.807) is 6.92 Å². The molecule has 162 valence electrons. The minimum atomic E-state index is -0.668. The lowest BCUT2D eigenvalue weighted by Gasteiger charge is -2.03. The van der Waals surface area contributed by atoms with Gasteiger partial charge in [0.15, 0.2) is 12.4 Å². The van der Waals surface area contributed by atoms with Crippen molar-refractivity contribution < 1.29 is 23.6 Å². The van der Waals surface area contributed by atoms with Crippen molar-refractivity contribution in [3.63, 3.8) is 0 Å². The summed E-state index contributed by atoms with van der Waals surface area (Å²) < 4.78 is 17.7. The van der Waals surface area contributed by atoms with Gasteiger partial charge in [-0.2, -0.15) is 5.10 Å². The van der Waals surface area contributed by atoms with Crippen molar-refractivity contribution in [2.45, 2.75) is 13.5 Å². The largest absolute Gasteiger partial charge is 0.480 e. The van der Waals surface area contributed by atoms with Crippen molar-refractivity contribution in [1.29, 1.82) is 0 Å². The fraction of sp³-hybridized carbons (Fsp3) is 0.143. The van der Waals surface area contributed by atoms with Gasteiger partial charge in [-0.25, -0.2) is 9.48 Å². The number of nitro groups is 1. The summed E-state index contributed by atoms with van der Waals surface area (Å²) in [6.07, 6.45) is 1.47. The fourth-order valence-electron chi connectivity index (χ4n) is 2.81. The molecule has 0 atom stereocenters. The van der Waals surface area contributed by atoms with E-state index in [4.69, 9.17) is 13.9 Å². The standard InChI is InChI=1S/C21H17N5O6/c1-2-30-21(27)19-17(12-25(24-19)15-8-10-16(11-9-15)26(28)29)31-13-18-22-23-20(32-18)14-6-4-3-5-7-14/h3-12H,2,13H2,1H3. The van der Waals surface area contributed by atoms with Crippen LogP contribution in [0.5, 0.6) is 5.75 Å². The summed E-state index contributed by atoms with van der Waals surface area (Å²) in [5.74, 6) is 0.0260. The zero-order valence-electron chi connectivity index (χ0n) is 16.9. The van der Waals surface area contributed by atoms with Gasteiger partial charge in [0.2, 0.25) is 11.6 Å². The number of benzene rings is 2. The Balaban J connectivity index is 1.56. The number of carbonyl (C=O) groups excluding carboxylic acids is 1. The van der Waals surface area contributed by atoms with Gasteiger partial charge in [0, 0.05) is 17.7 Å². The van der Waals surface area contributed by atoms with Crippen LogP contribution in [0.4, 0.5) is 5.69 Å². The zero-order valence-corrected chi connectivity index (χ0v) is 16.9. The normalized spacial score (nSPS) is 10.7. The molecule has 0 fully saturated rings. The number of nitrogens with zero attached hydrogens (tertiary/aromatic N) is 5. The lowest BCUT2D eigenvalue weighted by atomic mass is 10.2. The predicted octanol–water partition coefficient (Wildman–Crippen LogP) is 3.59. The SMILES string of the molecule is CCOC(=O)c1nn(-c2ccc([N+](=O)[O-])cc2)cc1OCc1nnc(-c2ccccc2)o1. The first-order valence-corrected chi connectivity index (χ1v) is 9.57. The summed E-state index contributed by atoms with van der Waals surface area (Å²) in [6, 6.07) is 15.0. The van der Waals surface area contributed by atoms with Gasteiger partial charge in [-0.3, -0.25) is 10.1 Å². The second-order valence-corrected chi connectivity index (χ2v) is 6.44. The number of aromatic nitrogens is 4. The highest BCUT2D eigenvalue weighted by Gasteiger charge is 2.21. The lowest BCUT2D eigenvalue weighted by molar-refractivity contribution is -0.384. The van der Waals surface area contributed by atoms with E-state index in [1.165, 1.54) is 35.1 Å². The lowest BCUT2D eigenvalue weighted by Crippen LogP contribution is -2.08. The maximum absolute atomic E-state index is 12.3. The molecule has 4 rings (SSSR count). The van der Waals surface area contributed by atoms with Gasteiger partial charge in [0.25, 0.3) is 11.6 Å². The highest BCUT2D eigenvalue weighted by molar-refractivity contribution is 5.90. The third kappa shape index (κ3) is 4.46. The third-order valence-electron chi connectivity index (χ3n) is 4.31. The van der Waals surface area contributed by atoms with Crippen LogP contribution in [0.2, 0.25) is 0 Å². The molecule has 0 aliphatic heterocycles. The number of esters is 1. The molecular weight excluding hydrogens is 418 g/mol. The first-order chi connectivity index (χ1) is 15.5. The van der Waals surface area contributed by atoms with E-state index in [9.17, 15) is 14.9 Å². The Labute approximate surface area is 181 Å².